The molecule has 0 aliphatic rings. The maximum atomic E-state index is 5.40. The van der Waals surface area contributed by atoms with Crippen LogP contribution < -0.4 is 9.47 Å². The molecule has 4 heteroatoms. The summed E-state index contributed by atoms with van der Waals surface area (Å²) >= 11 is 0. The lowest BCUT2D eigenvalue weighted by molar-refractivity contribution is 0.414. The third-order valence-corrected chi connectivity index (χ3v) is 5.65. The molecule has 0 aliphatic carbocycles. The molecule has 0 aliphatic heterocycles. The van der Waals surface area contributed by atoms with E-state index in [1.54, 1.807) is 14.2 Å². The maximum Gasteiger partial charge on any atom is 0.145 e. The fourth-order valence-corrected chi connectivity index (χ4v) is 3.99. The van der Waals surface area contributed by atoms with Crippen molar-refractivity contribution in [2.45, 2.75) is 0 Å². The molecule has 5 rings (SSSR count). The first-order valence-electron chi connectivity index (χ1n) is 10.8. The molecule has 0 amide bonds. The van der Waals surface area contributed by atoms with Crippen molar-refractivity contribution in [1.82, 2.24) is 9.55 Å². The van der Waals surface area contributed by atoms with Crippen LogP contribution >= 0.6 is 0 Å². The van der Waals surface area contributed by atoms with Gasteiger partial charge >= 0.3 is 0 Å². The Morgan fingerprint density at radius 3 is 1.61 bits per heavy atom. The summed E-state index contributed by atoms with van der Waals surface area (Å²) in [5, 5.41) is 0. The summed E-state index contributed by atoms with van der Waals surface area (Å²) < 4.78 is 13.0. The molecule has 162 valence electrons. The van der Waals surface area contributed by atoms with Crippen LogP contribution in [-0.2, 0) is 0 Å². The monoisotopic (exact) mass is 432 g/mol. The highest BCUT2D eigenvalue weighted by Gasteiger charge is 2.22. The minimum Gasteiger partial charge on any atom is -0.497 e. The van der Waals surface area contributed by atoms with Crippen molar-refractivity contribution in [1.29, 1.82) is 0 Å². The fourth-order valence-electron chi connectivity index (χ4n) is 3.99. The van der Waals surface area contributed by atoms with Crippen LogP contribution in [0.1, 0.15) is 0 Å². The van der Waals surface area contributed by atoms with Crippen molar-refractivity contribution in [3.05, 3.63) is 109 Å². The second-order valence-electron chi connectivity index (χ2n) is 7.63. The van der Waals surface area contributed by atoms with E-state index >= 15 is 0 Å². The lowest BCUT2D eigenvalue weighted by Crippen LogP contribution is -2.00. The van der Waals surface area contributed by atoms with Gasteiger partial charge in [-0.3, -0.25) is 4.57 Å². The summed E-state index contributed by atoms with van der Waals surface area (Å²) in [7, 11) is 3.36. The predicted octanol–water partition coefficient (Wildman–Crippen LogP) is 6.89. The van der Waals surface area contributed by atoms with E-state index in [1.165, 1.54) is 0 Å². The zero-order valence-corrected chi connectivity index (χ0v) is 18.6. The number of ether oxygens (including phenoxy) is 2. The topological polar surface area (TPSA) is 36.3 Å². The average molecular weight is 433 g/mol. The van der Waals surface area contributed by atoms with Gasteiger partial charge in [-0.25, -0.2) is 4.98 Å². The summed E-state index contributed by atoms with van der Waals surface area (Å²) in [5.41, 5.74) is 6.11. The molecule has 0 saturated heterocycles. The smallest absolute Gasteiger partial charge is 0.145 e. The first-order chi connectivity index (χ1) is 16.3. The summed E-state index contributed by atoms with van der Waals surface area (Å²) in [6.07, 6.45) is 0. The van der Waals surface area contributed by atoms with Crippen LogP contribution in [0.4, 0.5) is 0 Å². The van der Waals surface area contributed by atoms with Crippen molar-refractivity contribution in [3.63, 3.8) is 0 Å². The van der Waals surface area contributed by atoms with Gasteiger partial charge in [0.2, 0.25) is 0 Å². The number of rotatable bonds is 6. The molecule has 0 radical (unpaired) electrons. The molecule has 0 saturated carbocycles. The van der Waals surface area contributed by atoms with Crippen molar-refractivity contribution in [2.24, 2.45) is 0 Å². The van der Waals surface area contributed by atoms with Gasteiger partial charge in [-0.2, -0.15) is 0 Å². The number of benzene rings is 4. The van der Waals surface area contributed by atoms with Gasteiger partial charge in [0, 0.05) is 22.4 Å². The first kappa shape index (κ1) is 20.6. The van der Waals surface area contributed by atoms with Crippen LogP contribution in [0.25, 0.3) is 39.6 Å². The lowest BCUT2D eigenvalue weighted by atomic mass is 10.0. The van der Waals surface area contributed by atoms with Gasteiger partial charge in [-0.15, -0.1) is 0 Å². The van der Waals surface area contributed by atoms with Gasteiger partial charge in [0.05, 0.1) is 25.6 Å². The molecule has 4 aromatic carbocycles. The van der Waals surface area contributed by atoms with E-state index in [0.29, 0.717) is 0 Å². The highest BCUT2D eigenvalue weighted by molar-refractivity contribution is 5.84. The molecule has 0 fully saturated rings. The number of methoxy groups -OCH3 is 2. The molecule has 0 bridgehead atoms. The van der Waals surface area contributed by atoms with Crippen LogP contribution in [0.2, 0.25) is 0 Å². The summed E-state index contributed by atoms with van der Waals surface area (Å²) in [4.78, 5) is 5.19. The van der Waals surface area contributed by atoms with Gasteiger partial charge in [0.25, 0.3) is 0 Å². The lowest BCUT2D eigenvalue weighted by Gasteiger charge is -2.14. The van der Waals surface area contributed by atoms with Crippen LogP contribution in [0.5, 0.6) is 11.5 Å². The number of para-hydroxylation sites is 1. The summed E-state index contributed by atoms with van der Waals surface area (Å²) in [6, 6.07) is 36.8. The summed E-state index contributed by atoms with van der Waals surface area (Å²) in [6.45, 7) is 0. The fraction of sp³-hybridized carbons (Fsp3) is 0.0690. The Morgan fingerprint density at radius 1 is 0.545 bits per heavy atom. The maximum absolute atomic E-state index is 5.40. The van der Waals surface area contributed by atoms with E-state index in [4.69, 9.17) is 14.5 Å². The van der Waals surface area contributed by atoms with Gasteiger partial charge < -0.3 is 9.47 Å². The Morgan fingerprint density at radius 2 is 1.06 bits per heavy atom. The minimum absolute atomic E-state index is 0.815. The van der Waals surface area contributed by atoms with E-state index in [0.717, 1.165) is 51.1 Å². The zero-order chi connectivity index (χ0) is 22.6. The number of imidazole rings is 1. The molecule has 0 atom stereocenters. The first-order valence-corrected chi connectivity index (χ1v) is 10.8. The number of aromatic nitrogens is 2. The molecular weight excluding hydrogens is 408 g/mol. The van der Waals surface area contributed by atoms with E-state index < -0.39 is 0 Å². The quantitative estimate of drug-likeness (QED) is 0.293. The largest absolute Gasteiger partial charge is 0.497 e. The Hall–Kier alpha value is -4.31. The highest BCUT2D eigenvalue weighted by Crippen LogP contribution is 2.39. The molecular formula is C29H24N2O2. The Balaban J connectivity index is 1.83. The Bertz CT molecular complexity index is 1340. The van der Waals surface area contributed by atoms with Crippen molar-refractivity contribution >= 4 is 0 Å². The third-order valence-electron chi connectivity index (χ3n) is 5.65. The van der Waals surface area contributed by atoms with E-state index in [-0.39, 0.29) is 0 Å². The molecule has 33 heavy (non-hydrogen) atoms. The van der Waals surface area contributed by atoms with E-state index in [2.05, 4.69) is 65.2 Å². The standard InChI is InChI=1S/C29H24N2O2/c1-32-25-17-13-21(14-18-25)27-28(22-15-19-26(33-2)20-16-22)31(24-11-7-4-8-12-24)29(30-27)23-9-5-3-6-10-23/h3-20H,1-2H3. The number of nitrogens with zero attached hydrogens (tertiary/aromatic N) is 2. The van der Waals surface area contributed by atoms with Gasteiger partial charge in [0.1, 0.15) is 17.3 Å². The highest BCUT2D eigenvalue weighted by atomic mass is 16.5. The Labute approximate surface area is 193 Å². The van der Waals surface area contributed by atoms with E-state index in [1.807, 2.05) is 48.5 Å². The third kappa shape index (κ3) is 3.99. The Kier molecular flexibility index (Phi) is 5.64. The van der Waals surface area contributed by atoms with Crippen molar-refractivity contribution < 1.29 is 9.47 Å². The van der Waals surface area contributed by atoms with E-state index in [9.17, 15) is 0 Å². The number of hydrogen-bond donors (Lipinski definition) is 0. The van der Waals surface area contributed by atoms with Crippen LogP contribution in [0.3, 0.4) is 0 Å². The van der Waals surface area contributed by atoms with Gasteiger partial charge in [-0.05, 0) is 60.7 Å². The zero-order valence-electron chi connectivity index (χ0n) is 18.6. The second-order valence-corrected chi connectivity index (χ2v) is 7.63. The molecule has 1 aromatic heterocycles. The predicted molar refractivity (Wildman–Crippen MR) is 133 cm³/mol. The number of hydrogen-bond acceptors (Lipinski definition) is 3. The van der Waals surface area contributed by atoms with Crippen molar-refractivity contribution in [3.8, 4) is 51.1 Å². The molecule has 0 N–H and O–H groups in total. The minimum atomic E-state index is 0.815. The van der Waals surface area contributed by atoms with Gasteiger partial charge in [-0.1, -0.05) is 48.5 Å². The summed E-state index contributed by atoms with van der Waals surface area (Å²) in [5.74, 6) is 2.52. The van der Waals surface area contributed by atoms with Crippen LogP contribution in [-0.4, -0.2) is 23.8 Å². The molecule has 1 heterocycles. The molecule has 4 nitrogen and oxygen atoms in total. The van der Waals surface area contributed by atoms with Gasteiger partial charge in [0.15, 0.2) is 0 Å². The SMILES string of the molecule is COc1ccc(-c2nc(-c3ccccc3)n(-c3ccccc3)c2-c2ccc(OC)cc2)cc1. The normalized spacial score (nSPS) is 10.7. The molecule has 0 spiro atoms. The molecule has 0 unspecified atom stereocenters. The molecule has 5 aromatic rings. The second kappa shape index (κ2) is 9.05. The average Bonchev–Trinajstić information content (AvgIpc) is 3.30. The van der Waals surface area contributed by atoms with Crippen LogP contribution in [0, 0.1) is 0 Å². The van der Waals surface area contributed by atoms with Crippen LogP contribution in [0.15, 0.2) is 109 Å². The van der Waals surface area contributed by atoms with Crippen molar-refractivity contribution in [2.75, 3.05) is 14.2 Å².